The quantitative estimate of drug-likeness (QED) is 0.811. The van der Waals surface area contributed by atoms with E-state index in [1.807, 2.05) is 0 Å². The highest BCUT2D eigenvalue weighted by atomic mass is 16.5. The van der Waals surface area contributed by atoms with Crippen LogP contribution < -0.4 is 5.32 Å². The second kappa shape index (κ2) is 7.94. The molecule has 1 amide bonds. The molecular formula is C17H25NO4. The van der Waals surface area contributed by atoms with Crippen molar-refractivity contribution in [3.05, 3.63) is 35.4 Å². The molecule has 122 valence electrons. The molecule has 5 heteroatoms. The van der Waals surface area contributed by atoms with Crippen molar-refractivity contribution in [3.8, 4) is 0 Å². The molecule has 0 aromatic heterocycles. The van der Waals surface area contributed by atoms with Gasteiger partial charge in [-0.25, -0.2) is 4.79 Å². The van der Waals surface area contributed by atoms with E-state index in [1.54, 1.807) is 31.4 Å². The molecule has 1 rings (SSSR count). The zero-order valence-corrected chi connectivity index (χ0v) is 13.7. The Morgan fingerprint density at radius 2 is 1.82 bits per heavy atom. The molecule has 0 aliphatic carbocycles. The number of rotatable bonds is 7. The highest BCUT2D eigenvalue weighted by Gasteiger charge is 2.24. The Kier molecular flexibility index (Phi) is 6.56. The van der Waals surface area contributed by atoms with Crippen molar-refractivity contribution in [1.29, 1.82) is 0 Å². The Hall–Kier alpha value is -1.88. The second-order valence-corrected chi connectivity index (χ2v) is 6.40. The fraction of sp³-hybridized carbons (Fsp3) is 0.529. The van der Waals surface area contributed by atoms with Gasteiger partial charge in [-0.15, -0.1) is 0 Å². The van der Waals surface area contributed by atoms with Crippen LogP contribution in [0, 0.1) is 5.41 Å². The van der Waals surface area contributed by atoms with E-state index >= 15 is 0 Å². The molecule has 1 aromatic rings. The number of carboxylic acid groups (broad SMARTS) is 1. The number of carbonyl (C=O) groups is 2. The molecule has 0 spiro atoms. The summed E-state index contributed by atoms with van der Waals surface area (Å²) in [6.45, 7) is 6.68. The predicted molar refractivity (Wildman–Crippen MR) is 85.0 cm³/mol. The van der Waals surface area contributed by atoms with Gasteiger partial charge in [0, 0.05) is 20.1 Å². The van der Waals surface area contributed by atoms with E-state index in [-0.39, 0.29) is 23.0 Å². The maximum Gasteiger partial charge on any atom is 0.335 e. The summed E-state index contributed by atoms with van der Waals surface area (Å²) in [4.78, 5) is 22.6. The molecule has 0 fully saturated rings. The van der Waals surface area contributed by atoms with E-state index in [9.17, 15) is 9.59 Å². The lowest BCUT2D eigenvalue weighted by atomic mass is 9.89. The maximum atomic E-state index is 11.9. The maximum absolute atomic E-state index is 11.9. The second-order valence-electron chi connectivity index (χ2n) is 6.40. The number of ether oxygens (including phenoxy) is 1. The van der Waals surface area contributed by atoms with Gasteiger partial charge in [0.05, 0.1) is 11.7 Å². The minimum Gasteiger partial charge on any atom is -0.478 e. The number of amides is 1. The zero-order chi connectivity index (χ0) is 16.8. The Labute approximate surface area is 131 Å². The van der Waals surface area contributed by atoms with Gasteiger partial charge in [-0.1, -0.05) is 32.9 Å². The van der Waals surface area contributed by atoms with E-state index in [1.165, 1.54) is 0 Å². The van der Waals surface area contributed by atoms with Crippen LogP contribution >= 0.6 is 0 Å². The molecule has 2 N–H and O–H groups in total. The number of hydrogen-bond donors (Lipinski definition) is 2. The molecule has 0 radical (unpaired) electrons. The first-order chi connectivity index (χ1) is 10.2. The summed E-state index contributed by atoms with van der Waals surface area (Å²) in [7, 11) is 1.64. The standard InChI is InChI=1S/C17H25NO4/c1-17(2,3)14(22-4)11-18-15(19)10-7-12-5-8-13(9-6-12)16(20)21/h5-6,8-9,14H,7,10-11H2,1-4H3,(H,18,19)(H,20,21). The minimum absolute atomic E-state index is 0.0330. The first kappa shape index (κ1) is 18.2. The molecule has 0 bridgehead atoms. The first-order valence-electron chi connectivity index (χ1n) is 7.35. The van der Waals surface area contributed by atoms with Crippen LogP contribution in [0.3, 0.4) is 0 Å². The lowest BCUT2D eigenvalue weighted by Crippen LogP contribution is -2.40. The average Bonchev–Trinajstić information content (AvgIpc) is 2.44. The van der Waals surface area contributed by atoms with Gasteiger partial charge in [-0.3, -0.25) is 4.79 Å². The largest absolute Gasteiger partial charge is 0.478 e. The van der Waals surface area contributed by atoms with Gasteiger partial charge in [0.2, 0.25) is 5.91 Å². The Morgan fingerprint density at radius 1 is 1.23 bits per heavy atom. The van der Waals surface area contributed by atoms with Crippen LogP contribution in [0.15, 0.2) is 24.3 Å². The van der Waals surface area contributed by atoms with Crippen LogP contribution in [0.5, 0.6) is 0 Å². The van der Waals surface area contributed by atoms with E-state index in [2.05, 4.69) is 26.1 Å². The van der Waals surface area contributed by atoms with Crippen LogP contribution in [0.4, 0.5) is 0 Å². The number of aromatic carboxylic acids is 1. The average molecular weight is 307 g/mol. The summed E-state index contributed by atoms with van der Waals surface area (Å²) in [5, 5.41) is 11.7. The Bertz CT molecular complexity index is 502. The minimum atomic E-state index is -0.947. The summed E-state index contributed by atoms with van der Waals surface area (Å²) >= 11 is 0. The van der Waals surface area contributed by atoms with E-state index in [0.717, 1.165) is 5.56 Å². The molecule has 0 aliphatic rings. The lowest BCUT2D eigenvalue weighted by molar-refractivity contribution is -0.122. The fourth-order valence-electron chi connectivity index (χ4n) is 2.11. The van der Waals surface area contributed by atoms with Crippen molar-refractivity contribution in [2.75, 3.05) is 13.7 Å². The number of nitrogens with one attached hydrogen (secondary N) is 1. The predicted octanol–water partition coefficient (Wildman–Crippen LogP) is 2.49. The Balaban J connectivity index is 2.41. The molecule has 1 unspecified atom stereocenters. The van der Waals surface area contributed by atoms with Gasteiger partial charge >= 0.3 is 5.97 Å². The van der Waals surface area contributed by atoms with Gasteiger partial charge in [0.15, 0.2) is 0 Å². The van der Waals surface area contributed by atoms with Crippen LogP contribution in [-0.2, 0) is 16.0 Å². The summed E-state index contributed by atoms with van der Waals surface area (Å²) in [6, 6.07) is 6.58. The summed E-state index contributed by atoms with van der Waals surface area (Å²) in [5.41, 5.74) is 1.16. The summed E-state index contributed by atoms with van der Waals surface area (Å²) < 4.78 is 5.39. The Morgan fingerprint density at radius 3 is 2.27 bits per heavy atom. The van der Waals surface area contributed by atoms with Crippen molar-refractivity contribution < 1.29 is 19.4 Å². The monoisotopic (exact) mass is 307 g/mol. The third-order valence-electron chi connectivity index (χ3n) is 3.58. The molecule has 0 heterocycles. The van der Waals surface area contributed by atoms with Crippen molar-refractivity contribution in [1.82, 2.24) is 5.32 Å². The van der Waals surface area contributed by atoms with Crippen molar-refractivity contribution in [2.24, 2.45) is 5.41 Å². The number of aryl methyl sites for hydroxylation is 1. The van der Waals surface area contributed by atoms with Crippen LogP contribution in [0.2, 0.25) is 0 Å². The van der Waals surface area contributed by atoms with E-state index in [4.69, 9.17) is 9.84 Å². The SMILES string of the molecule is COC(CNC(=O)CCc1ccc(C(=O)O)cc1)C(C)(C)C. The first-order valence-corrected chi connectivity index (χ1v) is 7.35. The van der Waals surface area contributed by atoms with Crippen LogP contribution in [-0.4, -0.2) is 36.7 Å². The van der Waals surface area contributed by atoms with Crippen molar-refractivity contribution in [3.63, 3.8) is 0 Å². The number of benzene rings is 1. The van der Waals surface area contributed by atoms with Crippen molar-refractivity contribution >= 4 is 11.9 Å². The molecule has 5 nitrogen and oxygen atoms in total. The van der Waals surface area contributed by atoms with Crippen LogP contribution in [0.25, 0.3) is 0 Å². The molecule has 1 atom stereocenters. The topological polar surface area (TPSA) is 75.6 Å². The van der Waals surface area contributed by atoms with Gasteiger partial charge in [-0.05, 0) is 29.5 Å². The third kappa shape index (κ3) is 5.85. The number of carboxylic acids is 1. The summed E-state index contributed by atoms with van der Waals surface area (Å²) in [5.74, 6) is -0.981. The molecular weight excluding hydrogens is 282 g/mol. The molecule has 0 aliphatic heterocycles. The van der Waals surface area contributed by atoms with Crippen molar-refractivity contribution in [2.45, 2.75) is 39.7 Å². The third-order valence-corrected chi connectivity index (χ3v) is 3.58. The van der Waals surface area contributed by atoms with Gasteiger partial charge in [-0.2, -0.15) is 0 Å². The highest BCUT2D eigenvalue weighted by Crippen LogP contribution is 2.21. The molecule has 0 saturated carbocycles. The normalized spacial score (nSPS) is 12.7. The van der Waals surface area contributed by atoms with Gasteiger partial charge in [0.1, 0.15) is 0 Å². The number of methoxy groups -OCH3 is 1. The van der Waals surface area contributed by atoms with Gasteiger partial charge < -0.3 is 15.2 Å². The van der Waals surface area contributed by atoms with Crippen LogP contribution in [0.1, 0.15) is 43.1 Å². The highest BCUT2D eigenvalue weighted by molar-refractivity contribution is 5.87. The summed E-state index contributed by atoms with van der Waals surface area (Å²) in [6.07, 6.45) is 0.914. The van der Waals surface area contributed by atoms with E-state index in [0.29, 0.717) is 19.4 Å². The van der Waals surface area contributed by atoms with E-state index < -0.39 is 5.97 Å². The van der Waals surface area contributed by atoms with Gasteiger partial charge in [0.25, 0.3) is 0 Å². The molecule has 0 saturated heterocycles. The fourth-order valence-corrected chi connectivity index (χ4v) is 2.11. The molecule has 1 aromatic carbocycles. The number of carbonyl (C=O) groups excluding carboxylic acids is 1. The number of hydrogen-bond acceptors (Lipinski definition) is 3. The lowest BCUT2D eigenvalue weighted by Gasteiger charge is -2.29. The smallest absolute Gasteiger partial charge is 0.335 e. The molecule has 22 heavy (non-hydrogen) atoms. The zero-order valence-electron chi connectivity index (χ0n) is 13.7.